The van der Waals surface area contributed by atoms with Crippen LogP contribution in [-0.2, 0) is 14.3 Å². The lowest BCUT2D eigenvalue weighted by Crippen LogP contribution is -2.57. The highest BCUT2D eigenvalue weighted by Gasteiger charge is 2.41. The summed E-state index contributed by atoms with van der Waals surface area (Å²) in [7, 11) is 1.70. The van der Waals surface area contributed by atoms with Crippen molar-refractivity contribution in [2.45, 2.75) is 32.1 Å². The standard InChI is InChI=1S/C18H24N2O3/c1-18(7-8-23-2)11-20(12-18)17(22)10-13-9-16(21)19-15-6-4-3-5-14(13)15/h3-6,13H,7-12H2,1-2H3,(H,19,21). The molecule has 2 aliphatic rings. The van der Waals surface area contributed by atoms with Crippen molar-refractivity contribution >= 4 is 17.5 Å². The zero-order chi connectivity index (χ0) is 16.4. The average Bonchev–Trinajstić information content (AvgIpc) is 2.50. The predicted octanol–water partition coefficient (Wildman–Crippen LogP) is 2.39. The smallest absolute Gasteiger partial charge is 0.225 e. The van der Waals surface area contributed by atoms with Gasteiger partial charge in [-0.3, -0.25) is 9.59 Å². The lowest BCUT2D eigenvalue weighted by atomic mass is 9.78. The van der Waals surface area contributed by atoms with Gasteiger partial charge in [0.05, 0.1) is 0 Å². The molecule has 0 aromatic heterocycles. The van der Waals surface area contributed by atoms with E-state index in [9.17, 15) is 9.59 Å². The number of nitrogens with one attached hydrogen (secondary N) is 1. The molecule has 5 nitrogen and oxygen atoms in total. The van der Waals surface area contributed by atoms with E-state index in [4.69, 9.17) is 4.74 Å². The molecule has 1 fully saturated rings. The van der Waals surface area contributed by atoms with E-state index in [1.165, 1.54) is 0 Å². The van der Waals surface area contributed by atoms with Gasteiger partial charge in [-0.2, -0.15) is 0 Å². The molecular formula is C18H24N2O3. The number of likely N-dealkylation sites (tertiary alicyclic amines) is 1. The fourth-order valence-electron chi connectivity index (χ4n) is 3.58. The summed E-state index contributed by atoms with van der Waals surface area (Å²) in [5.41, 5.74) is 2.09. The quantitative estimate of drug-likeness (QED) is 0.907. The highest BCUT2D eigenvalue weighted by atomic mass is 16.5. The number of nitrogens with zero attached hydrogens (tertiary/aromatic N) is 1. The summed E-state index contributed by atoms with van der Waals surface area (Å²) in [6.45, 7) is 4.50. The van der Waals surface area contributed by atoms with Crippen LogP contribution in [0.15, 0.2) is 24.3 Å². The Morgan fingerprint density at radius 3 is 2.87 bits per heavy atom. The number of amides is 2. The van der Waals surface area contributed by atoms with E-state index in [2.05, 4.69) is 12.2 Å². The van der Waals surface area contributed by atoms with E-state index < -0.39 is 0 Å². The van der Waals surface area contributed by atoms with E-state index in [-0.39, 0.29) is 23.1 Å². The molecule has 2 amide bonds. The molecule has 1 saturated heterocycles. The highest BCUT2D eigenvalue weighted by molar-refractivity contribution is 5.95. The van der Waals surface area contributed by atoms with Crippen molar-refractivity contribution in [1.29, 1.82) is 0 Å². The number of benzene rings is 1. The van der Waals surface area contributed by atoms with Crippen LogP contribution in [0.4, 0.5) is 5.69 Å². The van der Waals surface area contributed by atoms with Gasteiger partial charge >= 0.3 is 0 Å². The van der Waals surface area contributed by atoms with Gasteiger partial charge in [0.1, 0.15) is 0 Å². The Labute approximate surface area is 137 Å². The molecule has 5 heteroatoms. The van der Waals surface area contributed by atoms with E-state index >= 15 is 0 Å². The Hall–Kier alpha value is -1.88. The Morgan fingerprint density at radius 1 is 1.39 bits per heavy atom. The van der Waals surface area contributed by atoms with E-state index in [0.717, 1.165) is 37.4 Å². The molecule has 1 unspecified atom stereocenters. The second-order valence-corrected chi connectivity index (χ2v) is 7.04. The summed E-state index contributed by atoms with van der Waals surface area (Å²) in [6, 6.07) is 7.76. The van der Waals surface area contributed by atoms with Gasteiger partial charge in [0.15, 0.2) is 0 Å². The Balaban J connectivity index is 1.60. The number of carbonyl (C=O) groups excluding carboxylic acids is 2. The molecule has 2 heterocycles. The topological polar surface area (TPSA) is 58.6 Å². The first-order chi connectivity index (χ1) is 11.0. The number of fused-ring (bicyclic) bond motifs is 1. The zero-order valence-electron chi connectivity index (χ0n) is 13.8. The van der Waals surface area contributed by atoms with Crippen LogP contribution in [0.1, 0.15) is 37.7 Å². The minimum atomic E-state index is -0.0155. The van der Waals surface area contributed by atoms with Gasteiger partial charge in [-0.1, -0.05) is 25.1 Å². The van der Waals surface area contributed by atoms with Crippen molar-refractivity contribution < 1.29 is 14.3 Å². The van der Waals surface area contributed by atoms with E-state index in [1.807, 2.05) is 29.2 Å². The third-order valence-corrected chi connectivity index (χ3v) is 4.94. The number of anilines is 1. The van der Waals surface area contributed by atoms with E-state index in [1.54, 1.807) is 7.11 Å². The number of methoxy groups -OCH3 is 1. The number of ether oxygens (including phenoxy) is 1. The van der Waals surface area contributed by atoms with Gasteiger partial charge in [0.2, 0.25) is 11.8 Å². The average molecular weight is 316 g/mol. The van der Waals surface area contributed by atoms with Crippen LogP contribution in [0, 0.1) is 5.41 Å². The van der Waals surface area contributed by atoms with Crippen LogP contribution in [0.3, 0.4) is 0 Å². The molecular weight excluding hydrogens is 292 g/mol. The first-order valence-corrected chi connectivity index (χ1v) is 8.16. The molecule has 3 rings (SSSR count). The number of hydrogen-bond acceptors (Lipinski definition) is 3. The van der Waals surface area contributed by atoms with Crippen molar-refractivity contribution in [3.05, 3.63) is 29.8 Å². The second kappa shape index (κ2) is 6.32. The molecule has 0 spiro atoms. The maximum Gasteiger partial charge on any atom is 0.225 e. The normalized spacial score (nSPS) is 22.1. The minimum absolute atomic E-state index is 0.00459. The molecule has 0 aliphatic carbocycles. The summed E-state index contributed by atoms with van der Waals surface area (Å²) in [5.74, 6) is 0.128. The third kappa shape index (κ3) is 3.39. The second-order valence-electron chi connectivity index (χ2n) is 7.04. The molecule has 0 radical (unpaired) electrons. The number of carbonyl (C=O) groups is 2. The molecule has 0 bridgehead atoms. The monoisotopic (exact) mass is 316 g/mol. The first-order valence-electron chi connectivity index (χ1n) is 8.16. The van der Waals surface area contributed by atoms with Crippen molar-refractivity contribution in [2.75, 3.05) is 32.1 Å². The Bertz CT molecular complexity index is 608. The van der Waals surface area contributed by atoms with Gasteiger partial charge in [-0.25, -0.2) is 0 Å². The van der Waals surface area contributed by atoms with Gasteiger partial charge in [-0.15, -0.1) is 0 Å². The van der Waals surface area contributed by atoms with Crippen molar-refractivity contribution in [2.24, 2.45) is 5.41 Å². The number of rotatable bonds is 5. The summed E-state index contributed by atoms with van der Waals surface area (Å²) in [5, 5.41) is 2.88. The molecule has 23 heavy (non-hydrogen) atoms. The summed E-state index contributed by atoms with van der Waals surface area (Å²) in [6.07, 6.45) is 1.77. The van der Waals surface area contributed by atoms with Crippen molar-refractivity contribution in [1.82, 2.24) is 4.90 Å². The van der Waals surface area contributed by atoms with Crippen LogP contribution in [0.25, 0.3) is 0 Å². The van der Waals surface area contributed by atoms with Crippen molar-refractivity contribution in [3.8, 4) is 0 Å². The maximum absolute atomic E-state index is 12.5. The zero-order valence-corrected chi connectivity index (χ0v) is 13.8. The molecule has 0 saturated carbocycles. The Morgan fingerprint density at radius 2 is 2.13 bits per heavy atom. The summed E-state index contributed by atoms with van der Waals surface area (Å²) in [4.78, 5) is 26.3. The lowest BCUT2D eigenvalue weighted by molar-refractivity contribution is -0.144. The van der Waals surface area contributed by atoms with Gasteiger partial charge in [-0.05, 0) is 18.1 Å². The van der Waals surface area contributed by atoms with Gasteiger partial charge in [0, 0.05) is 56.7 Å². The maximum atomic E-state index is 12.5. The summed E-state index contributed by atoms with van der Waals surface area (Å²) >= 11 is 0. The van der Waals surface area contributed by atoms with Gasteiger partial charge < -0.3 is 15.0 Å². The van der Waals surface area contributed by atoms with Crippen LogP contribution in [0.2, 0.25) is 0 Å². The Kier molecular flexibility index (Phi) is 4.39. The molecule has 2 aliphatic heterocycles. The number of para-hydroxylation sites is 1. The fourth-order valence-corrected chi connectivity index (χ4v) is 3.58. The first kappa shape index (κ1) is 16.0. The molecule has 124 valence electrons. The van der Waals surface area contributed by atoms with Crippen LogP contribution in [0.5, 0.6) is 0 Å². The van der Waals surface area contributed by atoms with Gasteiger partial charge in [0.25, 0.3) is 0 Å². The molecule has 1 aromatic carbocycles. The largest absolute Gasteiger partial charge is 0.385 e. The minimum Gasteiger partial charge on any atom is -0.385 e. The lowest BCUT2D eigenvalue weighted by Gasteiger charge is -2.48. The van der Waals surface area contributed by atoms with Crippen LogP contribution in [-0.4, -0.2) is 43.5 Å². The molecule has 1 N–H and O–H groups in total. The van der Waals surface area contributed by atoms with Crippen LogP contribution < -0.4 is 5.32 Å². The number of hydrogen-bond donors (Lipinski definition) is 1. The predicted molar refractivity (Wildman–Crippen MR) is 88.2 cm³/mol. The fraction of sp³-hybridized carbons (Fsp3) is 0.556. The molecule has 1 atom stereocenters. The third-order valence-electron chi connectivity index (χ3n) is 4.94. The SMILES string of the molecule is COCCC1(C)CN(C(=O)CC2CC(=O)Nc3ccccc32)C1. The van der Waals surface area contributed by atoms with Crippen molar-refractivity contribution in [3.63, 3.8) is 0 Å². The summed E-state index contributed by atoms with van der Waals surface area (Å²) < 4.78 is 5.13. The molecule has 1 aromatic rings. The van der Waals surface area contributed by atoms with E-state index in [0.29, 0.717) is 12.8 Å². The highest BCUT2D eigenvalue weighted by Crippen LogP contribution is 2.38. The van der Waals surface area contributed by atoms with Crippen LogP contribution >= 0.6 is 0 Å².